The van der Waals surface area contributed by atoms with Crippen LogP contribution in [0.25, 0.3) is 113 Å². The summed E-state index contributed by atoms with van der Waals surface area (Å²) < 4.78 is 11.9. The number of benzene rings is 9. The van der Waals surface area contributed by atoms with Crippen molar-refractivity contribution >= 4 is 96.8 Å². The summed E-state index contributed by atoms with van der Waals surface area (Å²) in [6.45, 7) is 0. The van der Waals surface area contributed by atoms with E-state index in [0.29, 0.717) is 0 Å². The number of nitrogens with zero attached hydrogens (tertiary/aromatic N) is 1. The van der Waals surface area contributed by atoms with E-state index in [9.17, 15) is 0 Å². The van der Waals surface area contributed by atoms with Gasteiger partial charge in [-0.1, -0.05) is 133 Å². The van der Waals surface area contributed by atoms with Crippen LogP contribution in [0, 0.1) is 0 Å². The second-order valence-electron chi connectivity index (χ2n) is 14.1. The number of hydrogen-bond donors (Lipinski definition) is 0. The number of para-hydroxylation sites is 2. The summed E-state index contributed by atoms with van der Waals surface area (Å²) in [5.41, 5.74) is 9.98. The third-order valence-corrected chi connectivity index (χ3v) is 12.4. The van der Waals surface area contributed by atoms with Crippen molar-refractivity contribution in [1.82, 2.24) is 4.57 Å². The predicted octanol–water partition coefficient (Wildman–Crippen LogP) is 14.7. The highest BCUT2D eigenvalue weighted by Crippen LogP contribution is 2.47. The first-order valence-corrected chi connectivity index (χ1v) is 18.9. The Bertz CT molecular complexity index is 3450. The molecule has 0 atom stereocenters. The molecule has 0 spiro atoms. The zero-order valence-electron chi connectivity index (χ0n) is 28.5. The minimum atomic E-state index is 0.897. The van der Waals surface area contributed by atoms with Gasteiger partial charge < -0.3 is 8.98 Å². The number of rotatable bonds is 3. The molecule has 0 unspecified atom stereocenters. The van der Waals surface area contributed by atoms with Crippen LogP contribution in [0.2, 0.25) is 0 Å². The van der Waals surface area contributed by atoms with Crippen LogP contribution in [0.3, 0.4) is 0 Å². The van der Waals surface area contributed by atoms with E-state index >= 15 is 0 Å². The first-order valence-electron chi connectivity index (χ1n) is 18.1. The molecule has 0 N–H and O–H groups in total. The minimum absolute atomic E-state index is 0.897. The van der Waals surface area contributed by atoms with Crippen LogP contribution in [0.15, 0.2) is 180 Å². The Hall–Kier alpha value is -6.68. The predicted molar refractivity (Wildman–Crippen MR) is 227 cm³/mol. The van der Waals surface area contributed by atoms with Gasteiger partial charge in [-0.15, -0.1) is 11.3 Å². The Kier molecular flexibility index (Phi) is 5.96. The highest BCUT2D eigenvalue weighted by molar-refractivity contribution is 7.26. The van der Waals surface area contributed by atoms with Crippen molar-refractivity contribution < 1.29 is 4.42 Å². The van der Waals surface area contributed by atoms with Gasteiger partial charge in [0.25, 0.3) is 0 Å². The summed E-state index contributed by atoms with van der Waals surface area (Å²) in [7, 11) is 0. The van der Waals surface area contributed by atoms with Gasteiger partial charge in [0.05, 0.1) is 16.4 Å². The SMILES string of the molecule is c1ccc2cc(-c3ccc(-n4c5ccccc5c5cc(-c6ccc7c(c6)sc6c8ccccc8ccc76)c6oc7ccccc7c6c54)cc3)ccc2c1. The van der Waals surface area contributed by atoms with Crippen LogP contribution in [-0.2, 0) is 0 Å². The van der Waals surface area contributed by atoms with Crippen molar-refractivity contribution in [3.05, 3.63) is 176 Å². The smallest absolute Gasteiger partial charge is 0.145 e. The molecule has 3 aromatic heterocycles. The van der Waals surface area contributed by atoms with Gasteiger partial charge in [-0.25, -0.2) is 0 Å². The summed E-state index contributed by atoms with van der Waals surface area (Å²) in [6.07, 6.45) is 0. The molecule has 246 valence electrons. The lowest BCUT2D eigenvalue weighted by Gasteiger charge is -2.12. The van der Waals surface area contributed by atoms with Gasteiger partial charge in [0, 0.05) is 47.6 Å². The Morgan fingerprint density at radius 3 is 2.00 bits per heavy atom. The van der Waals surface area contributed by atoms with Gasteiger partial charge >= 0.3 is 0 Å². The van der Waals surface area contributed by atoms with Crippen LogP contribution in [0.5, 0.6) is 0 Å². The molecule has 12 rings (SSSR count). The molecule has 0 aliphatic carbocycles. The van der Waals surface area contributed by atoms with E-state index in [0.717, 1.165) is 38.8 Å². The van der Waals surface area contributed by atoms with Crippen molar-refractivity contribution in [2.75, 3.05) is 0 Å². The van der Waals surface area contributed by atoms with Crippen molar-refractivity contribution in [1.29, 1.82) is 0 Å². The summed E-state index contributed by atoms with van der Waals surface area (Å²) in [5.74, 6) is 0. The van der Waals surface area contributed by atoms with E-state index in [2.05, 4.69) is 180 Å². The van der Waals surface area contributed by atoms with E-state index in [1.54, 1.807) is 0 Å². The molecule has 3 heteroatoms. The molecule has 53 heavy (non-hydrogen) atoms. The molecule has 0 radical (unpaired) electrons. The fourth-order valence-corrected chi connectivity index (χ4v) is 9.94. The normalized spacial score (nSPS) is 12.2. The Labute approximate surface area is 308 Å². The third kappa shape index (κ3) is 4.20. The highest BCUT2D eigenvalue weighted by atomic mass is 32.1. The lowest BCUT2D eigenvalue weighted by molar-refractivity contribution is 0.670. The van der Waals surface area contributed by atoms with Crippen LogP contribution < -0.4 is 0 Å². The number of aromatic nitrogens is 1. The first kappa shape index (κ1) is 29.0. The molecule has 0 aliphatic heterocycles. The van der Waals surface area contributed by atoms with E-state index in [-0.39, 0.29) is 0 Å². The van der Waals surface area contributed by atoms with E-state index < -0.39 is 0 Å². The Morgan fingerprint density at radius 1 is 0.434 bits per heavy atom. The summed E-state index contributed by atoms with van der Waals surface area (Å²) in [4.78, 5) is 0. The van der Waals surface area contributed by atoms with Crippen molar-refractivity contribution in [3.63, 3.8) is 0 Å². The van der Waals surface area contributed by atoms with Gasteiger partial charge in [0.2, 0.25) is 0 Å². The molecule has 9 aromatic carbocycles. The number of thiophene rings is 1. The molecule has 0 saturated heterocycles. The molecule has 2 nitrogen and oxygen atoms in total. The zero-order valence-corrected chi connectivity index (χ0v) is 29.3. The molecular formula is C50H29NOS. The summed E-state index contributed by atoms with van der Waals surface area (Å²) in [5, 5.41) is 12.4. The quantitative estimate of drug-likeness (QED) is 0.180. The van der Waals surface area contributed by atoms with Crippen molar-refractivity contribution in [2.45, 2.75) is 0 Å². The molecule has 0 saturated carbocycles. The largest absolute Gasteiger partial charge is 0.455 e. The molecule has 3 heterocycles. The van der Waals surface area contributed by atoms with Gasteiger partial charge in [-0.2, -0.15) is 0 Å². The lowest BCUT2D eigenvalue weighted by atomic mass is 9.97. The molecule has 0 amide bonds. The van der Waals surface area contributed by atoms with E-state index in [1.807, 2.05) is 11.3 Å². The van der Waals surface area contributed by atoms with Gasteiger partial charge in [-0.3, -0.25) is 0 Å². The van der Waals surface area contributed by atoms with Crippen molar-refractivity contribution in [2.24, 2.45) is 0 Å². The number of fused-ring (bicyclic) bond motifs is 13. The molecular weight excluding hydrogens is 663 g/mol. The maximum absolute atomic E-state index is 6.86. The van der Waals surface area contributed by atoms with Crippen molar-refractivity contribution in [3.8, 4) is 27.9 Å². The topological polar surface area (TPSA) is 18.1 Å². The number of hydrogen-bond acceptors (Lipinski definition) is 2. The van der Waals surface area contributed by atoms with Crippen LogP contribution in [0.1, 0.15) is 0 Å². The maximum atomic E-state index is 6.86. The standard InChI is InChI=1S/C50H29NOS/c1-2-11-33-27-34(18-17-30(33)9-1)31-19-23-36(24-20-31)51-44-15-7-5-13-38(44)43-29-42(49-47(48(43)51)41-14-6-8-16-45(41)52-49)35-22-25-39-40-26-21-32-10-3-4-12-37(32)50(40)53-46(39)28-35/h1-29H. The zero-order chi connectivity index (χ0) is 34.6. The molecule has 0 aliphatic rings. The van der Waals surface area contributed by atoms with Crippen LogP contribution >= 0.6 is 11.3 Å². The molecule has 12 aromatic rings. The fourth-order valence-electron chi connectivity index (χ4n) is 8.66. The Morgan fingerprint density at radius 2 is 1.11 bits per heavy atom. The first-order chi connectivity index (χ1) is 26.3. The Balaban J connectivity index is 1.11. The number of furan rings is 1. The molecule has 0 fully saturated rings. The van der Waals surface area contributed by atoms with Crippen LogP contribution in [-0.4, -0.2) is 4.57 Å². The lowest BCUT2D eigenvalue weighted by Crippen LogP contribution is -1.94. The van der Waals surface area contributed by atoms with Gasteiger partial charge in [-0.05, 0) is 80.7 Å². The fraction of sp³-hybridized carbons (Fsp3) is 0. The van der Waals surface area contributed by atoms with Gasteiger partial charge in [0.1, 0.15) is 11.2 Å². The summed E-state index contributed by atoms with van der Waals surface area (Å²) >= 11 is 1.88. The van der Waals surface area contributed by atoms with E-state index in [1.165, 1.54) is 74.6 Å². The minimum Gasteiger partial charge on any atom is -0.455 e. The second-order valence-corrected chi connectivity index (χ2v) is 15.1. The van der Waals surface area contributed by atoms with E-state index in [4.69, 9.17) is 4.42 Å². The maximum Gasteiger partial charge on any atom is 0.145 e. The van der Waals surface area contributed by atoms with Crippen LogP contribution in [0.4, 0.5) is 0 Å². The summed E-state index contributed by atoms with van der Waals surface area (Å²) in [6, 6.07) is 64.1. The monoisotopic (exact) mass is 691 g/mol. The molecule has 0 bridgehead atoms. The third-order valence-electron chi connectivity index (χ3n) is 11.2. The second kappa shape index (κ2) is 10.9. The van der Waals surface area contributed by atoms with Gasteiger partial charge in [0.15, 0.2) is 0 Å². The highest BCUT2D eigenvalue weighted by Gasteiger charge is 2.23. The average Bonchev–Trinajstić information content (AvgIpc) is 3.90. The average molecular weight is 692 g/mol.